The van der Waals surface area contributed by atoms with E-state index in [1.807, 2.05) is 0 Å². The SMILES string of the molecule is COCCC(NC(=O)COc1ccccc1F)C(=O)O. The molecular formula is C13H16FNO5. The van der Waals surface area contributed by atoms with Gasteiger partial charge in [-0.25, -0.2) is 9.18 Å². The Morgan fingerprint density at radius 3 is 2.70 bits per heavy atom. The summed E-state index contributed by atoms with van der Waals surface area (Å²) in [6.45, 7) is -0.261. The number of hydrogen-bond donors (Lipinski definition) is 2. The molecule has 0 saturated heterocycles. The molecule has 0 spiro atoms. The standard InChI is InChI=1S/C13H16FNO5/c1-19-7-6-10(13(17)18)15-12(16)8-20-11-5-3-2-4-9(11)14/h2-5,10H,6-8H2,1H3,(H,15,16)(H,17,18). The number of para-hydroxylation sites is 1. The van der Waals surface area contributed by atoms with E-state index in [1.165, 1.54) is 25.3 Å². The number of methoxy groups -OCH3 is 1. The lowest BCUT2D eigenvalue weighted by Gasteiger charge is -2.14. The number of carbonyl (C=O) groups excluding carboxylic acids is 1. The maximum Gasteiger partial charge on any atom is 0.326 e. The number of benzene rings is 1. The molecule has 0 heterocycles. The van der Waals surface area contributed by atoms with Gasteiger partial charge in [0, 0.05) is 20.1 Å². The van der Waals surface area contributed by atoms with E-state index in [1.54, 1.807) is 6.07 Å². The smallest absolute Gasteiger partial charge is 0.326 e. The van der Waals surface area contributed by atoms with Crippen molar-refractivity contribution in [2.24, 2.45) is 0 Å². The van der Waals surface area contributed by atoms with Crippen LogP contribution in [-0.4, -0.2) is 43.3 Å². The summed E-state index contributed by atoms with van der Waals surface area (Å²) in [6.07, 6.45) is 0.136. The molecule has 7 heteroatoms. The van der Waals surface area contributed by atoms with Gasteiger partial charge in [0.15, 0.2) is 18.2 Å². The number of amides is 1. The van der Waals surface area contributed by atoms with Gasteiger partial charge in [0.1, 0.15) is 6.04 Å². The van der Waals surface area contributed by atoms with Gasteiger partial charge in [-0.2, -0.15) is 0 Å². The molecule has 1 aromatic rings. The van der Waals surface area contributed by atoms with Gasteiger partial charge >= 0.3 is 5.97 Å². The Morgan fingerprint density at radius 2 is 2.10 bits per heavy atom. The Labute approximate surface area is 115 Å². The van der Waals surface area contributed by atoms with Crippen molar-refractivity contribution in [2.45, 2.75) is 12.5 Å². The topological polar surface area (TPSA) is 84.9 Å². The number of rotatable bonds is 8. The van der Waals surface area contributed by atoms with Gasteiger partial charge in [0.25, 0.3) is 5.91 Å². The van der Waals surface area contributed by atoms with Crippen molar-refractivity contribution < 1.29 is 28.6 Å². The summed E-state index contributed by atoms with van der Waals surface area (Å²) in [4.78, 5) is 22.4. The predicted molar refractivity (Wildman–Crippen MR) is 68.0 cm³/mol. The average Bonchev–Trinajstić information content (AvgIpc) is 2.42. The Bertz CT molecular complexity index is 466. The Kier molecular flexibility index (Phi) is 6.45. The van der Waals surface area contributed by atoms with E-state index in [0.29, 0.717) is 0 Å². The van der Waals surface area contributed by atoms with Gasteiger partial charge in [-0.15, -0.1) is 0 Å². The number of carbonyl (C=O) groups is 2. The lowest BCUT2D eigenvalue weighted by atomic mass is 10.2. The van der Waals surface area contributed by atoms with Crippen molar-refractivity contribution in [1.29, 1.82) is 0 Å². The third kappa shape index (κ3) is 5.23. The highest BCUT2D eigenvalue weighted by molar-refractivity contribution is 5.84. The van der Waals surface area contributed by atoms with E-state index >= 15 is 0 Å². The summed E-state index contributed by atoms with van der Waals surface area (Å²) in [5.41, 5.74) is 0. The molecule has 0 bridgehead atoms. The molecule has 0 aliphatic heterocycles. The molecule has 0 aliphatic carbocycles. The number of nitrogens with one attached hydrogen (secondary N) is 1. The fraction of sp³-hybridized carbons (Fsp3) is 0.385. The predicted octanol–water partition coefficient (Wildman–Crippen LogP) is 0.810. The number of halogens is 1. The second kappa shape index (κ2) is 8.11. The van der Waals surface area contributed by atoms with Crippen LogP contribution in [-0.2, 0) is 14.3 Å². The fourth-order valence-corrected chi connectivity index (χ4v) is 1.43. The zero-order valence-corrected chi connectivity index (χ0v) is 11.0. The molecule has 0 fully saturated rings. The first-order valence-corrected chi connectivity index (χ1v) is 5.93. The second-order valence-electron chi connectivity index (χ2n) is 3.96. The van der Waals surface area contributed by atoms with Gasteiger partial charge in [-0.3, -0.25) is 4.79 Å². The van der Waals surface area contributed by atoms with Crippen LogP contribution in [0.2, 0.25) is 0 Å². The average molecular weight is 285 g/mol. The third-order valence-electron chi connectivity index (χ3n) is 2.44. The monoisotopic (exact) mass is 285 g/mol. The molecule has 0 aromatic heterocycles. The number of carboxylic acid groups (broad SMARTS) is 1. The molecule has 110 valence electrons. The van der Waals surface area contributed by atoms with Crippen LogP contribution in [0, 0.1) is 5.82 Å². The van der Waals surface area contributed by atoms with E-state index in [0.717, 1.165) is 0 Å². The lowest BCUT2D eigenvalue weighted by Crippen LogP contribution is -2.43. The van der Waals surface area contributed by atoms with Crippen LogP contribution in [0.4, 0.5) is 4.39 Å². The van der Waals surface area contributed by atoms with Crippen LogP contribution < -0.4 is 10.1 Å². The first-order chi connectivity index (χ1) is 9.54. The van der Waals surface area contributed by atoms with Crippen molar-refractivity contribution in [3.8, 4) is 5.75 Å². The first kappa shape index (κ1) is 15.9. The number of aliphatic carboxylic acids is 1. The molecule has 0 saturated carbocycles. The number of ether oxygens (including phenoxy) is 2. The van der Waals surface area contributed by atoms with Gasteiger partial charge in [0.2, 0.25) is 0 Å². The lowest BCUT2D eigenvalue weighted by molar-refractivity contribution is -0.142. The highest BCUT2D eigenvalue weighted by Gasteiger charge is 2.19. The molecule has 0 radical (unpaired) electrons. The van der Waals surface area contributed by atoms with Crippen molar-refractivity contribution in [2.75, 3.05) is 20.3 Å². The Balaban J connectivity index is 2.46. The summed E-state index contributed by atoms with van der Waals surface area (Å²) >= 11 is 0. The van der Waals surface area contributed by atoms with E-state index in [4.69, 9.17) is 14.6 Å². The Hall–Kier alpha value is -2.15. The molecule has 6 nitrogen and oxygen atoms in total. The highest BCUT2D eigenvalue weighted by Crippen LogP contribution is 2.14. The van der Waals surface area contributed by atoms with Crippen LogP contribution in [0.15, 0.2) is 24.3 Å². The zero-order chi connectivity index (χ0) is 15.0. The largest absolute Gasteiger partial charge is 0.481 e. The van der Waals surface area contributed by atoms with E-state index in [-0.39, 0.29) is 18.8 Å². The third-order valence-corrected chi connectivity index (χ3v) is 2.44. The molecule has 20 heavy (non-hydrogen) atoms. The maximum absolute atomic E-state index is 13.2. The summed E-state index contributed by atoms with van der Waals surface area (Å²) < 4.78 is 23.0. The van der Waals surface area contributed by atoms with Gasteiger partial charge < -0.3 is 19.9 Å². The summed E-state index contributed by atoms with van der Waals surface area (Å²) in [5, 5.41) is 11.2. The normalized spacial score (nSPS) is 11.7. The molecule has 1 amide bonds. The minimum absolute atomic E-state index is 0.0635. The van der Waals surface area contributed by atoms with E-state index < -0.39 is 30.3 Å². The maximum atomic E-state index is 13.2. The highest BCUT2D eigenvalue weighted by atomic mass is 19.1. The van der Waals surface area contributed by atoms with E-state index in [2.05, 4.69) is 5.32 Å². The second-order valence-corrected chi connectivity index (χ2v) is 3.96. The van der Waals surface area contributed by atoms with Crippen LogP contribution in [0.3, 0.4) is 0 Å². The molecular weight excluding hydrogens is 269 g/mol. The minimum Gasteiger partial charge on any atom is -0.481 e. The molecule has 1 atom stereocenters. The Morgan fingerprint density at radius 1 is 1.40 bits per heavy atom. The van der Waals surface area contributed by atoms with Crippen LogP contribution >= 0.6 is 0 Å². The molecule has 1 rings (SSSR count). The van der Waals surface area contributed by atoms with Crippen LogP contribution in [0.5, 0.6) is 5.75 Å². The summed E-state index contributed by atoms with van der Waals surface area (Å²) in [7, 11) is 1.43. The number of carboxylic acids is 1. The van der Waals surface area contributed by atoms with Crippen molar-refractivity contribution in [1.82, 2.24) is 5.32 Å². The molecule has 1 unspecified atom stereocenters. The van der Waals surface area contributed by atoms with Crippen molar-refractivity contribution in [3.63, 3.8) is 0 Å². The fourth-order valence-electron chi connectivity index (χ4n) is 1.43. The van der Waals surface area contributed by atoms with Gasteiger partial charge in [-0.05, 0) is 12.1 Å². The van der Waals surface area contributed by atoms with Gasteiger partial charge in [-0.1, -0.05) is 12.1 Å². The molecule has 2 N–H and O–H groups in total. The zero-order valence-electron chi connectivity index (χ0n) is 11.0. The molecule has 1 aromatic carbocycles. The molecule has 0 aliphatic rings. The van der Waals surface area contributed by atoms with Crippen LogP contribution in [0.25, 0.3) is 0 Å². The van der Waals surface area contributed by atoms with Crippen molar-refractivity contribution >= 4 is 11.9 Å². The minimum atomic E-state index is -1.17. The summed E-state index contributed by atoms with van der Waals surface area (Å²) in [5.74, 6) is -2.46. The quantitative estimate of drug-likeness (QED) is 0.738. The first-order valence-electron chi connectivity index (χ1n) is 5.93. The van der Waals surface area contributed by atoms with Gasteiger partial charge in [0.05, 0.1) is 0 Å². The van der Waals surface area contributed by atoms with E-state index in [9.17, 15) is 14.0 Å². The van der Waals surface area contributed by atoms with Crippen LogP contribution in [0.1, 0.15) is 6.42 Å². The summed E-state index contributed by atoms with van der Waals surface area (Å²) in [6, 6.07) is 4.57. The number of hydrogen-bond acceptors (Lipinski definition) is 4. The van der Waals surface area contributed by atoms with Crippen molar-refractivity contribution in [3.05, 3.63) is 30.1 Å².